The van der Waals surface area contributed by atoms with E-state index in [0.717, 1.165) is 5.76 Å². The lowest BCUT2D eigenvalue weighted by Gasteiger charge is -2.09. The van der Waals surface area contributed by atoms with Crippen molar-refractivity contribution in [3.63, 3.8) is 0 Å². The zero-order valence-corrected chi connectivity index (χ0v) is 11.5. The Morgan fingerprint density at radius 3 is 2.28 bits per heavy atom. The monoisotopic (exact) mass is 262 g/mol. The molecule has 0 fully saturated rings. The molecule has 18 heavy (non-hydrogen) atoms. The fourth-order valence-corrected chi connectivity index (χ4v) is 2.34. The van der Waals surface area contributed by atoms with Gasteiger partial charge in [-0.1, -0.05) is 17.7 Å². The molecule has 0 aliphatic carbocycles. The number of hydrogen-bond acceptors (Lipinski definition) is 2. The quantitative estimate of drug-likeness (QED) is 0.777. The molecule has 2 nitrogen and oxygen atoms in total. The minimum absolute atomic E-state index is 0.203. The van der Waals surface area contributed by atoms with Gasteiger partial charge in [0.05, 0.1) is 0 Å². The zero-order valence-electron chi connectivity index (χ0n) is 10.7. The van der Waals surface area contributed by atoms with E-state index in [1.165, 1.54) is 22.3 Å². The van der Waals surface area contributed by atoms with Crippen molar-refractivity contribution in [2.75, 3.05) is 0 Å². The van der Waals surface area contributed by atoms with E-state index >= 15 is 0 Å². The number of rotatable bonds is 3. The predicted octanol–water partition coefficient (Wildman–Crippen LogP) is 4.17. The van der Waals surface area contributed by atoms with Gasteiger partial charge in [-0.3, -0.25) is 4.79 Å². The van der Waals surface area contributed by atoms with E-state index in [1.807, 2.05) is 0 Å². The molecule has 1 aromatic carbocycles. The average molecular weight is 263 g/mol. The summed E-state index contributed by atoms with van der Waals surface area (Å²) in [5, 5.41) is -0.557. The molecule has 0 saturated carbocycles. The summed E-state index contributed by atoms with van der Waals surface area (Å²) in [5.74, 6) is 0.961. The topological polar surface area (TPSA) is 30.2 Å². The van der Waals surface area contributed by atoms with E-state index in [4.69, 9.17) is 16.0 Å². The highest BCUT2D eigenvalue weighted by molar-refractivity contribution is 6.67. The molecular formula is C15H15ClO2. The van der Waals surface area contributed by atoms with Crippen LogP contribution in [0.1, 0.15) is 38.6 Å². The van der Waals surface area contributed by atoms with Crippen LogP contribution in [-0.2, 0) is 6.42 Å². The molecule has 0 atom stereocenters. The van der Waals surface area contributed by atoms with Crippen molar-refractivity contribution >= 4 is 16.8 Å². The minimum Gasteiger partial charge on any atom is -0.456 e. The highest BCUT2D eigenvalue weighted by Crippen LogP contribution is 2.21. The summed E-state index contributed by atoms with van der Waals surface area (Å²) in [6.07, 6.45) is 0.683. The Morgan fingerprint density at radius 1 is 1.17 bits per heavy atom. The van der Waals surface area contributed by atoms with Crippen LogP contribution in [-0.4, -0.2) is 5.24 Å². The maximum absolute atomic E-state index is 11.0. The van der Waals surface area contributed by atoms with E-state index in [0.29, 0.717) is 6.42 Å². The molecule has 3 heteroatoms. The summed E-state index contributed by atoms with van der Waals surface area (Å²) >= 11 is 5.37. The Labute approximate surface area is 112 Å². The largest absolute Gasteiger partial charge is 0.456 e. The van der Waals surface area contributed by atoms with Gasteiger partial charge in [0.25, 0.3) is 5.24 Å². The molecule has 2 aromatic rings. The van der Waals surface area contributed by atoms with Gasteiger partial charge in [0, 0.05) is 6.42 Å². The van der Waals surface area contributed by atoms with E-state index in [-0.39, 0.29) is 5.76 Å². The van der Waals surface area contributed by atoms with E-state index in [9.17, 15) is 4.79 Å². The first kappa shape index (κ1) is 12.9. The van der Waals surface area contributed by atoms with Crippen molar-refractivity contribution in [1.29, 1.82) is 0 Å². The van der Waals surface area contributed by atoms with Crippen molar-refractivity contribution in [1.82, 2.24) is 0 Å². The van der Waals surface area contributed by atoms with Crippen LogP contribution in [0.2, 0.25) is 0 Å². The van der Waals surface area contributed by atoms with Gasteiger partial charge in [-0.15, -0.1) is 0 Å². The normalized spacial score (nSPS) is 10.7. The summed E-state index contributed by atoms with van der Waals surface area (Å²) in [4.78, 5) is 11.0. The van der Waals surface area contributed by atoms with Crippen molar-refractivity contribution in [2.24, 2.45) is 0 Å². The van der Waals surface area contributed by atoms with Gasteiger partial charge in [-0.25, -0.2) is 0 Å². The summed E-state index contributed by atoms with van der Waals surface area (Å²) < 4.78 is 5.41. The first-order valence-electron chi connectivity index (χ1n) is 5.82. The molecule has 0 amide bonds. The summed E-state index contributed by atoms with van der Waals surface area (Å²) in [5.41, 5.74) is 4.97. The second-order valence-corrected chi connectivity index (χ2v) is 4.94. The van der Waals surface area contributed by atoms with Gasteiger partial charge in [-0.05, 0) is 61.2 Å². The van der Waals surface area contributed by atoms with Crippen LogP contribution >= 0.6 is 11.6 Å². The summed E-state index contributed by atoms with van der Waals surface area (Å²) in [7, 11) is 0. The lowest BCUT2D eigenvalue weighted by atomic mass is 9.97. The number of carbonyl (C=O) groups is 1. The van der Waals surface area contributed by atoms with Crippen LogP contribution in [0.3, 0.4) is 0 Å². The van der Waals surface area contributed by atoms with E-state index in [1.54, 1.807) is 12.1 Å². The SMILES string of the molecule is Cc1cc(C)c(Cc2ccc(C(=O)Cl)o2)c(C)c1. The number of furan rings is 1. The fraction of sp³-hybridized carbons (Fsp3) is 0.267. The molecule has 0 aliphatic rings. The lowest BCUT2D eigenvalue weighted by Crippen LogP contribution is -1.96. The lowest BCUT2D eigenvalue weighted by molar-refractivity contribution is 0.105. The predicted molar refractivity (Wildman–Crippen MR) is 72.4 cm³/mol. The number of aryl methyl sites for hydroxylation is 3. The molecule has 1 heterocycles. The van der Waals surface area contributed by atoms with Crippen molar-refractivity contribution in [2.45, 2.75) is 27.2 Å². The molecular weight excluding hydrogens is 248 g/mol. The Hall–Kier alpha value is -1.54. The van der Waals surface area contributed by atoms with Gasteiger partial charge < -0.3 is 4.42 Å². The van der Waals surface area contributed by atoms with Crippen LogP contribution in [0.15, 0.2) is 28.7 Å². The average Bonchev–Trinajstić information content (AvgIpc) is 2.71. The second kappa shape index (κ2) is 4.99. The van der Waals surface area contributed by atoms with Gasteiger partial charge in [0.2, 0.25) is 0 Å². The number of benzene rings is 1. The summed E-state index contributed by atoms with van der Waals surface area (Å²) in [6, 6.07) is 7.72. The van der Waals surface area contributed by atoms with Gasteiger partial charge in [0.1, 0.15) is 5.76 Å². The molecule has 0 radical (unpaired) electrons. The zero-order chi connectivity index (χ0) is 13.3. The number of hydrogen-bond donors (Lipinski definition) is 0. The summed E-state index contributed by atoms with van der Waals surface area (Å²) in [6.45, 7) is 6.26. The van der Waals surface area contributed by atoms with Crippen molar-refractivity contribution in [3.8, 4) is 0 Å². The van der Waals surface area contributed by atoms with Crippen LogP contribution in [0.5, 0.6) is 0 Å². The molecule has 0 N–H and O–H groups in total. The van der Waals surface area contributed by atoms with Gasteiger partial charge in [-0.2, -0.15) is 0 Å². The molecule has 0 spiro atoms. The molecule has 2 rings (SSSR count). The first-order valence-corrected chi connectivity index (χ1v) is 6.20. The highest BCUT2D eigenvalue weighted by Gasteiger charge is 2.11. The highest BCUT2D eigenvalue weighted by atomic mass is 35.5. The van der Waals surface area contributed by atoms with Crippen LogP contribution in [0, 0.1) is 20.8 Å². The standard InChI is InChI=1S/C15H15ClO2/c1-9-6-10(2)13(11(3)7-9)8-12-4-5-14(18-12)15(16)17/h4-7H,8H2,1-3H3. The van der Waals surface area contributed by atoms with Gasteiger partial charge >= 0.3 is 0 Å². The van der Waals surface area contributed by atoms with Crippen molar-refractivity contribution in [3.05, 3.63) is 58.0 Å². The van der Waals surface area contributed by atoms with Crippen LogP contribution in [0.25, 0.3) is 0 Å². The maximum atomic E-state index is 11.0. The Bertz CT molecular complexity index is 573. The van der Waals surface area contributed by atoms with Crippen LogP contribution in [0.4, 0.5) is 0 Å². The van der Waals surface area contributed by atoms with E-state index in [2.05, 4.69) is 32.9 Å². The fourth-order valence-electron chi connectivity index (χ4n) is 2.24. The van der Waals surface area contributed by atoms with E-state index < -0.39 is 5.24 Å². The second-order valence-electron chi connectivity index (χ2n) is 4.59. The molecule has 0 saturated heterocycles. The maximum Gasteiger partial charge on any atom is 0.287 e. The smallest absolute Gasteiger partial charge is 0.287 e. The molecule has 94 valence electrons. The Balaban J connectivity index is 2.31. The molecule has 0 unspecified atom stereocenters. The van der Waals surface area contributed by atoms with Crippen LogP contribution < -0.4 is 0 Å². The Kier molecular flexibility index (Phi) is 3.58. The minimum atomic E-state index is -0.557. The Morgan fingerprint density at radius 2 is 1.78 bits per heavy atom. The van der Waals surface area contributed by atoms with Crippen molar-refractivity contribution < 1.29 is 9.21 Å². The van der Waals surface area contributed by atoms with Gasteiger partial charge in [0.15, 0.2) is 5.76 Å². The third-order valence-electron chi connectivity index (χ3n) is 3.05. The third kappa shape index (κ3) is 2.65. The molecule has 0 aliphatic heterocycles. The third-order valence-corrected chi connectivity index (χ3v) is 3.23. The number of halogens is 1. The molecule has 0 bridgehead atoms. The number of carbonyl (C=O) groups excluding carboxylic acids is 1. The molecule has 1 aromatic heterocycles. The first-order chi connectivity index (χ1) is 8.47.